The van der Waals surface area contributed by atoms with Crippen molar-refractivity contribution in [2.45, 2.75) is 13.8 Å². The van der Waals surface area contributed by atoms with Gasteiger partial charge >= 0.3 is 0 Å². The first-order valence-electron chi connectivity index (χ1n) is 1.72. The number of carbonyl (C=O) groups is 1. The van der Waals surface area contributed by atoms with Gasteiger partial charge in [0.1, 0.15) is 6.29 Å². The minimum atomic E-state index is 0. The molecule has 0 aromatic heterocycles. The number of aldehydes is 1. The average Bonchev–Trinajstić information content (AvgIpc) is 1.38. The fourth-order valence-electron chi connectivity index (χ4n) is 0. The fraction of sp³-hybridized carbons (Fsp3) is 0.750. The number of carbonyl (C=O) groups excluding carboxylic acids is 1. The molecule has 2 heteroatoms. The van der Waals surface area contributed by atoms with Gasteiger partial charge in [-0.15, -0.1) is 0 Å². The third-order valence-electron chi connectivity index (χ3n) is 0.272. The molecule has 0 unspecified atom stereocenters. The SMILES string of the molecule is CC(C)C=O.[Ti]. The van der Waals surface area contributed by atoms with E-state index < -0.39 is 0 Å². The molecule has 0 saturated carbocycles. The largest absolute Gasteiger partial charge is 0.303 e. The summed E-state index contributed by atoms with van der Waals surface area (Å²) in [5.41, 5.74) is 0. The van der Waals surface area contributed by atoms with Gasteiger partial charge in [-0.25, -0.2) is 0 Å². The molecule has 0 amide bonds. The van der Waals surface area contributed by atoms with Crippen LogP contribution in [0.15, 0.2) is 0 Å². The summed E-state index contributed by atoms with van der Waals surface area (Å²) < 4.78 is 0. The molecule has 34 valence electrons. The second kappa shape index (κ2) is 5.38. The van der Waals surface area contributed by atoms with Gasteiger partial charge in [0.25, 0.3) is 0 Å². The standard InChI is InChI=1S/C4H8O.Ti/c1-4(2)3-5;/h3-4H,1-2H3;. The first-order chi connectivity index (χ1) is 2.27. The van der Waals surface area contributed by atoms with E-state index in [0.29, 0.717) is 0 Å². The Kier molecular flexibility index (Phi) is 8.64. The van der Waals surface area contributed by atoms with Crippen molar-refractivity contribution in [1.29, 1.82) is 0 Å². The molecule has 0 heterocycles. The average molecular weight is 120 g/mol. The van der Waals surface area contributed by atoms with Crippen LogP contribution in [0.3, 0.4) is 0 Å². The zero-order chi connectivity index (χ0) is 4.28. The van der Waals surface area contributed by atoms with Crippen molar-refractivity contribution in [2.75, 3.05) is 0 Å². The van der Waals surface area contributed by atoms with Crippen molar-refractivity contribution in [2.24, 2.45) is 5.92 Å². The molecule has 0 saturated heterocycles. The predicted octanol–water partition coefficient (Wildman–Crippen LogP) is 0.839. The second-order valence-electron chi connectivity index (χ2n) is 1.38. The number of rotatable bonds is 1. The van der Waals surface area contributed by atoms with Gasteiger partial charge in [-0.1, -0.05) is 13.8 Å². The van der Waals surface area contributed by atoms with E-state index in [1.807, 2.05) is 13.8 Å². The number of hydrogen-bond acceptors (Lipinski definition) is 1. The van der Waals surface area contributed by atoms with Crippen molar-refractivity contribution in [1.82, 2.24) is 0 Å². The Morgan fingerprint density at radius 3 is 1.67 bits per heavy atom. The van der Waals surface area contributed by atoms with Crippen LogP contribution in [-0.2, 0) is 26.5 Å². The van der Waals surface area contributed by atoms with E-state index in [0.717, 1.165) is 6.29 Å². The zero-order valence-corrected chi connectivity index (χ0v) is 5.62. The van der Waals surface area contributed by atoms with Gasteiger partial charge in [0.2, 0.25) is 0 Å². The van der Waals surface area contributed by atoms with Gasteiger partial charge in [0.15, 0.2) is 0 Å². The maximum atomic E-state index is 9.50. The molecule has 0 aromatic carbocycles. The predicted molar refractivity (Wildman–Crippen MR) is 20.9 cm³/mol. The van der Waals surface area contributed by atoms with E-state index >= 15 is 0 Å². The molecule has 0 bridgehead atoms. The Morgan fingerprint density at radius 2 is 1.67 bits per heavy atom. The minimum absolute atomic E-state index is 0. The maximum Gasteiger partial charge on any atom is 0.122 e. The normalized spacial score (nSPS) is 7.17. The summed E-state index contributed by atoms with van der Waals surface area (Å²) in [6, 6.07) is 0. The van der Waals surface area contributed by atoms with Gasteiger partial charge < -0.3 is 4.79 Å². The monoisotopic (exact) mass is 120 g/mol. The van der Waals surface area contributed by atoms with Crippen LogP contribution < -0.4 is 0 Å². The third-order valence-corrected chi connectivity index (χ3v) is 0.272. The first-order valence-corrected chi connectivity index (χ1v) is 1.72. The van der Waals surface area contributed by atoms with Crippen LogP contribution in [0.1, 0.15) is 13.8 Å². The van der Waals surface area contributed by atoms with E-state index in [9.17, 15) is 4.79 Å². The van der Waals surface area contributed by atoms with Gasteiger partial charge in [-0.05, 0) is 0 Å². The smallest absolute Gasteiger partial charge is 0.122 e. The van der Waals surface area contributed by atoms with Crippen LogP contribution in [0.2, 0.25) is 0 Å². The van der Waals surface area contributed by atoms with Crippen molar-refractivity contribution in [3.63, 3.8) is 0 Å². The molecular formula is C4H8OTi. The molecule has 0 N–H and O–H groups in total. The van der Waals surface area contributed by atoms with E-state index in [1.54, 1.807) is 0 Å². The van der Waals surface area contributed by atoms with Crippen LogP contribution in [0.5, 0.6) is 0 Å². The van der Waals surface area contributed by atoms with E-state index in [1.165, 1.54) is 0 Å². The van der Waals surface area contributed by atoms with Crippen LogP contribution in [0.25, 0.3) is 0 Å². The maximum absolute atomic E-state index is 9.50. The van der Waals surface area contributed by atoms with Gasteiger partial charge in [-0.2, -0.15) is 0 Å². The first kappa shape index (κ1) is 9.63. The minimum Gasteiger partial charge on any atom is -0.303 e. The molecular weight excluding hydrogens is 112 g/mol. The molecule has 1 nitrogen and oxygen atoms in total. The Bertz CT molecular complexity index is 34.5. The Labute approximate surface area is 53.0 Å². The van der Waals surface area contributed by atoms with Crippen LogP contribution in [0.4, 0.5) is 0 Å². The number of hydrogen-bond donors (Lipinski definition) is 0. The molecule has 0 aliphatic rings. The Morgan fingerprint density at radius 1 is 1.50 bits per heavy atom. The van der Waals surface area contributed by atoms with Gasteiger partial charge in [0.05, 0.1) is 0 Å². The van der Waals surface area contributed by atoms with Crippen molar-refractivity contribution in [3.05, 3.63) is 0 Å². The fourth-order valence-corrected chi connectivity index (χ4v) is 0. The summed E-state index contributed by atoms with van der Waals surface area (Å²) in [6.07, 6.45) is 0.917. The van der Waals surface area contributed by atoms with Crippen LogP contribution in [-0.4, -0.2) is 6.29 Å². The molecule has 0 aliphatic carbocycles. The summed E-state index contributed by atoms with van der Waals surface area (Å²) >= 11 is 0. The van der Waals surface area contributed by atoms with Crippen molar-refractivity contribution < 1.29 is 26.5 Å². The van der Waals surface area contributed by atoms with Crippen molar-refractivity contribution >= 4 is 6.29 Å². The molecule has 0 aromatic rings. The molecule has 0 atom stereocenters. The molecule has 0 rings (SSSR count). The molecule has 0 spiro atoms. The van der Waals surface area contributed by atoms with Crippen LogP contribution >= 0.6 is 0 Å². The molecule has 6 heavy (non-hydrogen) atoms. The summed E-state index contributed by atoms with van der Waals surface area (Å²) in [5, 5.41) is 0. The summed E-state index contributed by atoms with van der Waals surface area (Å²) in [7, 11) is 0. The summed E-state index contributed by atoms with van der Waals surface area (Å²) in [4.78, 5) is 9.50. The topological polar surface area (TPSA) is 17.1 Å². The third kappa shape index (κ3) is 8.83. The van der Waals surface area contributed by atoms with Crippen LogP contribution in [0, 0.1) is 5.92 Å². The Balaban J connectivity index is 0. The van der Waals surface area contributed by atoms with Gasteiger partial charge in [-0.3, -0.25) is 0 Å². The molecule has 0 fully saturated rings. The zero-order valence-electron chi connectivity index (χ0n) is 4.06. The van der Waals surface area contributed by atoms with E-state index in [2.05, 4.69) is 0 Å². The summed E-state index contributed by atoms with van der Waals surface area (Å²) in [6.45, 7) is 3.71. The quantitative estimate of drug-likeness (QED) is 0.370. The summed E-state index contributed by atoms with van der Waals surface area (Å²) in [5.74, 6) is 0.204. The molecule has 0 radical (unpaired) electrons. The van der Waals surface area contributed by atoms with Crippen molar-refractivity contribution in [3.8, 4) is 0 Å². The molecule has 0 aliphatic heterocycles. The van der Waals surface area contributed by atoms with E-state index in [4.69, 9.17) is 0 Å². The van der Waals surface area contributed by atoms with E-state index in [-0.39, 0.29) is 27.6 Å². The Hall–Kier alpha value is 0.384. The van der Waals surface area contributed by atoms with Gasteiger partial charge in [0, 0.05) is 27.6 Å². The second-order valence-corrected chi connectivity index (χ2v) is 1.38.